The standard InChI is InChI=1S/C15H34N4O/c1-3-5-6-7-8-9-10-11-12-13-14(4-2)19(17)15(20)18-16/h14H,3-13,16-17H2,1-2H3,(H,18,20). The van der Waals surface area contributed by atoms with Crippen LogP contribution in [0, 0.1) is 0 Å². The monoisotopic (exact) mass is 286 g/mol. The van der Waals surface area contributed by atoms with Crippen LogP contribution in [0.25, 0.3) is 0 Å². The lowest BCUT2D eigenvalue weighted by atomic mass is 10.0. The number of hydrazine groups is 2. The molecule has 0 bridgehead atoms. The third-order valence-corrected chi connectivity index (χ3v) is 3.86. The summed E-state index contributed by atoms with van der Waals surface area (Å²) in [5.41, 5.74) is 2.08. The third kappa shape index (κ3) is 9.15. The normalized spacial score (nSPS) is 12.2. The van der Waals surface area contributed by atoms with Gasteiger partial charge in [-0.05, 0) is 12.8 Å². The van der Waals surface area contributed by atoms with Crippen molar-refractivity contribution in [1.29, 1.82) is 0 Å². The molecule has 0 radical (unpaired) electrons. The Bertz CT molecular complexity index is 236. The Morgan fingerprint density at radius 1 is 1.00 bits per heavy atom. The lowest BCUT2D eigenvalue weighted by Crippen LogP contribution is -2.52. The lowest BCUT2D eigenvalue weighted by molar-refractivity contribution is 0.168. The van der Waals surface area contributed by atoms with E-state index in [0.29, 0.717) is 0 Å². The van der Waals surface area contributed by atoms with E-state index in [0.717, 1.165) is 19.3 Å². The zero-order valence-corrected chi connectivity index (χ0v) is 13.4. The number of unbranched alkanes of at least 4 members (excludes halogenated alkanes) is 8. The van der Waals surface area contributed by atoms with Gasteiger partial charge in [0, 0.05) is 6.04 Å². The Morgan fingerprint density at radius 3 is 1.95 bits per heavy atom. The van der Waals surface area contributed by atoms with Crippen LogP contribution in [-0.2, 0) is 0 Å². The minimum absolute atomic E-state index is 0.0862. The van der Waals surface area contributed by atoms with Crippen molar-refractivity contribution in [3.05, 3.63) is 0 Å². The number of hydrogen-bond donors (Lipinski definition) is 3. The molecule has 0 aliphatic heterocycles. The van der Waals surface area contributed by atoms with Gasteiger partial charge in [-0.2, -0.15) is 0 Å². The maximum absolute atomic E-state index is 11.3. The first-order valence-corrected chi connectivity index (χ1v) is 8.21. The summed E-state index contributed by atoms with van der Waals surface area (Å²) in [5.74, 6) is 10.8. The second-order valence-electron chi connectivity index (χ2n) is 5.54. The van der Waals surface area contributed by atoms with Gasteiger partial charge >= 0.3 is 6.03 Å². The first-order chi connectivity index (χ1) is 9.67. The average molecular weight is 286 g/mol. The zero-order valence-electron chi connectivity index (χ0n) is 13.4. The number of nitrogens with one attached hydrogen (secondary N) is 1. The van der Waals surface area contributed by atoms with Gasteiger partial charge in [-0.25, -0.2) is 16.5 Å². The molecule has 0 saturated carbocycles. The summed E-state index contributed by atoms with van der Waals surface area (Å²) in [7, 11) is 0. The molecule has 120 valence electrons. The fourth-order valence-electron chi connectivity index (χ4n) is 2.47. The minimum atomic E-state index is -0.409. The summed E-state index contributed by atoms with van der Waals surface area (Å²) in [6, 6.07) is -0.323. The van der Waals surface area contributed by atoms with Crippen LogP contribution in [-0.4, -0.2) is 17.1 Å². The molecular weight excluding hydrogens is 252 g/mol. The van der Waals surface area contributed by atoms with Crippen LogP contribution in [0.15, 0.2) is 0 Å². The SMILES string of the molecule is CCCCCCCCCCCC(CC)N(N)C(=O)NN. The van der Waals surface area contributed by atoms with E-state index in [9.17, 15) is 4.79 Å². The van der Waals surface area contributed by atoms with Crippen LogP contribution in [0.5, 0.6) is 0 Å². The van der Waals surface area contributed by atoms with Gasteiger partial charge in [-0.15, -0.1) is 0 Å². The Morgan fingerprint density at radius 2 is 1.50 bits per heavy atom. The number of rotatable bonds is 12. The number of carbonyl (C=O) groups excluding carboxylic acids is 1. The number of nitrogens with zero attached hydrogens (tertiary/aromatic N) is 1. The van der Waals surface area contributed by atoms with E-state index in [1.165, 1.54) is 56.4 Å². The number of amides is 2. The van der Waals surface area contributed by atoms with Crippen molar-refractivity contribution in [1.82, 2.24) is 10.4 Å². The molecule has 0 aliphatic rings. The molecule has 0 aromatic rings. The fraction of sp³-hybridized carbons (Fsp3) is 0.933. The molecule has 0 spiro atoms. The Hall–Kier alpha value is -0.810. The predicted octanol–water partition coefficient (Wildman–Crippen LogP) is 3.44. The van der Waals surface area contributed by atoms with Gasteiger partial charge < -0.3 is 0 Å². The molecule has 0 aromatic carbocycles. The molecular formula is C15H34N4O. The number of nitrogens with two attached hydrogens (primary N) is 2. The maximum Gasteiger partial charge on any atom is 0.345 e. The summed E-state index contributed by atoms with van der Waals surface area (Å²) >= 11 is 0. The van der Waals surface area contributed by atoms with Gasteiger partial charge in [-0.3, -0.25) is 10.4 Å². The molecule has 0 fully saturated rings. The number of urea groups is 1. The zero-order chi connectivity index (χ0) is 15.2. The Kier molecular flexibility index (Phi) is 12.7. The Labute approximate surface area is 124 Å². The molecule has 0 aromatic heterocycles. The van der Waals surface area contributed by atoms with E-state index in [1.54, 1.807) is 0 Å². The van der Waals surface area contributed by atoms with Gasteiger partial charge in [0.2, 0.25) is 0 Å². The molecule has 1 unspecified atom stereocenters. The summed E-state index contributed by atoms with van der Waals surface area (Å²) in [6.45, 7) is 4.29. The molecule has 0 rings (SSSR count). The van der Waals surface area contributed by atoms with Crippen LogP contribution in [0.2, 0.25) is 0 Å². The molecule has 1 atom stereocenters. The first kappa shape index (κ1) is 19.2. The van der Waals surface area contributed by atoms with Crippen molar-refractivity contribution >= 4 is 6.03 Å². The van der Waals surface area contributed by atoms with E-state index < -0.39 is 6.03 Å². The third-order valence-electron chi connectivity index (χ3n) is 3.86. The highest BCUT2D eigenvalue weighted by Gasteiger charge is 2.17. The summed E-state index contributed by atoms with van der Waals surface area (Å²) in [5, 5.41) is 1.23. The quantitative estimate of drug-likeness (QED) is 0.222. The van der Waals surface area contributed by atoms with Crippen LogP contribution >= 0.6 is 0 Å². The largest absolute Gasteiger partial charge is 0.345 e. The molecule has 2 amide bonds. The smallest absolute Gasteiger partial charge is 0.275 e. The topological polar surface area (TPSA) is 84.4 Å². The molecule has 5 heteroatoms. The maximum atomic E-state index is 11.3. The van der Waals surface area contributed by atoms with Gasteiger partial charge in [0.15, 0.2) is 0 Å². The molecule has 0 saturated heterocycles. The second kappa shape index (κ2) is 13.2. The van der Waals surface area contributed by atoms with E-state index in [-0.39, 0.29) is 6.04 Å². The van der Waals surface area contributed by atoms with Gasteiger partial charge in [0.25, 0.3) is 0 Å². The average Bonchev–Trinajstić information content (AvgIpc) is 2.48. The van der Waals surface area contributed by atoms with Crippen LogP contribution in [0.1, 0.15) is 84.5 Å². The van der Waals surface area contributed by atoms with Crippen LogP contribution < -0.4 is 17.1 Å². The van der Waals surface area contributed by atoms with Crippen LogP contribution in [0.4, 0.5) is 4.79 Å². The molecule has 0 aliphatic carbocycles. The summed E-state index contributed by atoms with van der Waals surface area (Å²) in [4.78, 5) is 11.3. The van der Waals surface area contributed by atoms with E-state index in [2.05, 4.69) is 12.3 Å². The molecule has 0 heterocycles. The second-order valence-corrected chi connectivity index (χ2v) is 5.54. The van der Waals surface area contributed by atoms with Crippen molar-refractivity contribution < 1.29 is 4.79 Å². The predicted molar refractivity (Wildman–Crippen MR) is 84.7 cm³/mol. The number of carbonyl (C=O) groups is 1. The summed E-state index contributed by atoms with van der Waals surface area (Å²) in [6.07, 6.45) is 13.6. The van der Waals surface area contributed by atoms with E-state index in [1.807, 2.05) is 6.92 Å². The minimum Gasteiger partial charge on any atom is -0.275 e. The molecule has 20 heavy (non-hydrogen) atoms. The Balaban J connectivity index is 3.54. The van der Waals surface area contributed by atoms with Gasteiger partial charge in [0.1, 0.15) is 0 Å². The van der Waals surface area contributed by atoms with E-state index >= 15 is 0 Å². The highest BCUT2D eigenvalue weighted by atomic mass is 16.2. The van der Waals surface area contributed by atoms with Gasteiger partial charge in [0.05, 0.1) is 0 Å². The fourth-order valence-corrected chi connectivity index (χ4v) is 2.47. The molecule has 5 N–H and O–H groups in total. The van der Waals surface area contributed by atoms with Crippen molar-refractivity contribution in [2.24, 2.45) is 11.7 Å². The summed E-state index contributed by atoms with van der Waals surface area (Å²) < 4.78 is 0. The molecule has 5 nitrogen and oxygen atoms in total. The van der Waals surface area contributed by atoms with E-state index in [4.69, 9.17) is 11.7 Å². The van der Waals surface area contributed by atoms with Gasteiger partial charge in [-0.1, -0.05) is 71.6 Å². The highest BCUT2D eigenvalue weighted by Crippen LogP contribution is 2.14. The van der Waals surface area contributed by atoms with Crippen molar-refractivity contribution in [3.63, 3.8) is 0 Å². The lowest BCUT2D eigenvalue weighted by Gasteiger charge is -2.25. The number of hydrogen-bond acceptors (Lipinski definition) is 3. The van der Waals surface area contributed by atoms with Crippen LogP contribution in [0.3, 0.4) is 0 Å². The van der Waals surface area contributed by atoms with Crippen molar-refractivity contribution in [2.45, 2.75) is 90.5 Å². The van der Waals surface area contributed by atoms with Crippen molar-refractivity contribution in [2.75, 3.05) is 0 Å². The first-order valence-electron chi connectivity index (χ1n) is 8.21. The highest BCUT2D eigenvalue weighted by molar-refractivity contribution is 5.73. The van der Waals surface area contributed by atoms with Crippen molar-refractivity contribution in [3.8, 4) is 0 Å².